The van der Waals surface area contributed by atoms with Gasteiger partial charge in [-0.3, -0.25) is 4.79 Å². The van der Waals surface area contributed by atoms with Crippen LogP contribution in [0.5, 0.6) is 0 Å². The number of nitrogens with two attached hydrogens (primary N) is 1. The Hall–Kier alpha value is -1.72. The Labute approximate surface area is 109 Å². The molecule has 5 heteroatoms. The molecule has 1 aromatic heterocycles. The van der Waals surface area contributed by atoms with Crippen LogP contribution in [0.1, 0.15) is 11.3 Å². The smallest absolute Gasteiger partial charge is 0.320 e. The number of carboxylic acids is 1. The summed E-state index contributed by atoms with van der Waals surface area (Å²) in [5.74, 6) is -1.000. The van der Waals surface area contributed by atoms with E-state index in [9.17, 15) is 4.79 Å². The average molecular weight is 262 g/mol. The van der Waals surface area contributed by atoms with Crippen LogP contribution in [0.15, 0.2) is 29.6 Å². The van der Waals surface area contributed by atoms with Crippen molar-refractivity contribution in [1.29, 1.82) is 0 Å². The fourth-order valence-electron chi connectivity index (χ4n) is 1.65. The summed E-state index contributed by atoms with van der Waals surface area (Å²) in [7, 11) is 0. The van der Waals surface area contributed by atoms with E-state index in [-0.39, 0.29) is 6.42 Å². The zero-order valence-corrected chi connectivity index (χ0v) is 10.8. The Morgan fingerprint density at radius 1 is 1.50 bits per heavy atom. The van der Waals surface area contributed by atoms with Gasteiger partial charge in [0.05, 0.1) is 5.69 Å². The Bertz CT molecular complexity index is 566. The molecule has 18 heavy (non-hydrogen) atoms. The van der Waals surface area contributed by atoms with Gasteiger partial charge in [-0.25, -0.2) is 4.98 Å². The zero-order valence-electron chi connectivity index (χ0n) is 9.96. The van der Waals surface area contributed by atoms with Gasteiger partial charge < -0.3 is 10.8 Å². The zero-order chi connectivity index (χ0) is 13.1. The number of rotatable bonds is 4. The van der Waals surface area contributed by atoms with Crippen LogP contribution in [0.4, 0.5) is 0 Å². The van der Waals surface area contributed by atoms with Gasteiger partial charge >= 0.3 is 5.97 Å². The molecule has 94 valence electrons. The minimum Gasteiger partial charge on any atom is -0.480 e. The van der Waals surface area contributed by atoms with E-state index >= 15 is 0 Å². The number of aryl methyl sites for hydroxylation is 1. The van der Waals surface area contributed by atoms with Gasteiger partial charge in [-0.05, 0) is 12.5 Å². The molecule has 0 amide bonds. The average Bonchev–Trinajstić information content (AvgIpc) is 2.77. The van der Waals surface area contributed by atoms with E-state index in [1.54, 1.807) is 0 Å². The quantitative estimate of drug-likeness (QED) is 0.884. The highest BCUT2D eigenvalue weighted by molar-refractivity contribution is 7.13. The molecule has 0 spiro atoms. The monoisotopic (exact) mass is 262 g/mol. The normalized spacial score (nSPS) is 12.3. The van der Waals surface area contributed by atoms with E-state index in [0.717, 1.165) is 21.8 Å². The predicted molar refractivity (Wildman–Crippen MR) is 71.6 cm³/mol. The number of carbonyl (C=O) groups is 1. The lowest BCUT2D eigenvalue weighted by molar-refractivity contribution is -0.138. The van der Waals surface area contributed by atoms with Crippen LogP contribution in [0.3, 0.4) is 0 Å². The first kappa shape index (κ1) is 12.7. The summed E-state index contributed by atoms with van der Waals surface area (Å²) in [4.78, 5) is 15.1. The molecule has 0 fully saturated rings. The van der Waals surface area contributed by atoms with Crippen LogP contribution >= 0.6 is 11.3 Å². The number of nitrogens with zero attached hydrogens (tertiary/aromatic N) is 1. The molecule has 2 aromatic rings. The molecule has 4 nitrogen and oxygen atoms in total. The second-order valence-electron chi connectivity index (χ2n) is 4.11. The first-order valence-electron chi connectivity index (χ1n) is 5.56. The highest BCUT2D eigenvalue weighted by atomic mass is 32.1. The second kappa shape index (κ2) is 5.29. The minimum absolute atomic E-state index is 0.262. The number of aromatic nitrogens is 1. The number of aliphatic carboxylic acids is 1. The van der Waals surface area contributed by atoms with Gasteiger partial charge in [0.1, 0.15) is 11.0 Å². The molecule has 1 heterocycles. The molecular weight excluding hydrogens is 248 g/mol. The van der Waals surface area contributed by atoms with Crippen LogP contribution in [0.2, 0.25) is 0 Å². The number of hydrogen-bond donors (Lipinski definition) is 2. The van der Waals surface area contributed by atoms with Gasteiger partial charge in [-0.15, -0.1) is 11.3 Å². The number of benzene rings is 1. The third-order valence-corrected chi connectivity index (χ3v) is 3.60. The van der Waals surface area contributed by atoms with Gasteiger partial charge in [0.15, 0.2) is 0 Å². The summed E-state index contributed by atoms with van der Waals surface area (Å²) in [5.41, 5.74) is 8.46. The Balaban J connectivity index is 2.21. The Kier molecular flexibility index (Phi) is 3.74. The van der Waals surface area contributed by atoms with Crippen LogP contribution in [-0.2, 0) is 11.2 Å². The summed E-state index contributed by atoms with van der Waals surface area (Å²) in [6.45, 7) is 2.03. The first-order chi connectivity index (χ1) is 8.58. The molecule has 0 aliphatic heterocycles. The first-order valence-corrected chi connectivity index (χ1v) is 6.44. The lowest BCUT2D eigenvalue weighted by Crippen LogP contribution is -2.32. The summed E-state index contributed by atoms with van der Waals surface area (Å²) in [6.07, 6.45) is 0.262. The third-order valence-electron chi connectivity index (χ3n) is 2.67. The molecule has 1 atom stereocenters. The fraction of sp³-hybridized carbons (Fsp3) is 0.231. The van der Waals surface area contributed by atoms with Crippen molar-refractivity contribution in [2.45, 2.75) is 19.4 Å². The van der Waals surface area contributed by atoms with E-state index in [1.807, 2.05) is 36.6 Å². The Morgan fingerprint density at radius 2 is 2.22 bits per heavy atom. The van der Waals surface area contributed by atoms with Crippen molar-refractivity contribution in [3.8, 4) is 10.6 Å². The van der Waals surface area contributed by atoms with Crippen LogP contribution < -0.4 is 5.73 Å². The van der Waals surface area contributed by atoms with Crippen LogP contribution in [-0.4, -0.2) is 22.1 Å². The van der Waals surface area contributed by atoms with Crippen LogP contribution in [0.25, 0.3) is 10.6 Å². The maximum atomic E-state index is 10.7. The minimum atomic E-state index is -1.000. The summed E-state index contributed by atoms with van der Waals surface area (Å²) in [6, 6.07) is 7.09. The van der Waals surface area contributed by atoms with Crippen molar-refractivity contribution in [3.05, 3.63) is 40.9 Å². The van der Waals surface area contributed by atoms with Crippen molar-refractivity contribution in [1.82, 2.24) is 4.98 Å². The van der Waals surface area contributed by atoms with Gasteiger partial charge in [-0.1, -0.05) is 24.3 Å². The molecule has 2 rings (SSSR count). The number of hydrogen-bond acceptors (Lipinski definition) is 4. The molecule has 0 aliphatic carbocycles. The molecule has 3 N–H and O–H groups in total. The maximum Gasteiger partial charge on any atom is 0.320 e. The lowest BCUT2D eigenvalue weighted by Gasteiger charge is -2.03. The molecule has 1 aromatic carbocycles. The van der Waals surface area contributed by atoms with Crippen molar-refractivity contribution < 1.29 is 9.90 Å². The Morgan fingerprint density at radius 3 is 2.89 bits per heavy atom. The van der Waals surface area contributed by atoms with Gasteiger partial charge in [0.2, 0.25) is 0 Å². The summed E-state index contributed by atoms with van der Waals surface area (Å²) >= 11 is 1.51. The standard InChI is InChI=1S/C13H14N2O2S/c1-8-4-2-3-5-10(8)12-15-9(7-18-12)6-11(14)13(16)17/h2-5,7,11H,6,14H2,1H3,(H,16,17). The molecule has 0 saturated carbocycles. The van der Waals surface area contributed by atoms with E-state index < -0.39 is 12.0 Å². The van der Waals surface area contributed by atoms with Gasteiger partial charge in [-0.2, -0.15) is 0 Å². The van der Waals surface area contributed by atoms with Crippen molar-refractivity contribution >= 4 is 17.3 Å². The van der Waals surface area contributed by atoms with E-state index in [4.69, 9.17) is 10.8 Å². The van der Waals surface area contributed by atoms with Crippen molar-refractivity contribution in [2.75, 3.05) is 0 Å². The van der Waals surface area contributed by atoms with Crippen molar-refractivity contribution in [2.24, 2.45) is 5.73 Å². The number of carboxylic acid groups (broad SMARTS) is 1. The molecule has 0 bridgehead atoms. The maximum absolute atomic E-state index is 10.7. The molecule has 1 unspecified atom stereocenters. The van der Waals surface area contributed by atoms with Crippen molar-refractivity contribution in [3.63, 3.8) is 0 Å². The fourth-order valence-corrected chi connectivity index (χ4v) is 2.57. The van der Waals surface area contributed by atoms with Crippen LogP contribution in [0, 0.1) is 6.92 Å². The summed E-state index contributed by atoms with van der Waals surface area (Å²) < 4.78 is 0. The van der Waals surface area contributed by atoms with Gasteiger partial charge in [0.25, 0.3) is 0 Å². The SMILES string of the molecule is Cc1ccccc1-c1nc(CC(N)C(=O)O)cs1. The molecule has 0 saturated heterocycles. The molecular formula is C13H14N2O2S. The van der Waals surface area contributed by atoms with E-state index in [2.05, 4.69) is 4.98 Å². The lowest BCUT2D eigenvalue weighted by atomic mass is 10.1. The topological polar surface area (TPSA) is 76.2 Å². The third kappa shape index (κ3) is 2.75. The van der Waals surface area contributed by atoms with E-state index in [1.165, 1.54) is 11.3 Å². The second-order valence-corrected chi connectivity index (χ2v) is 4.97. The molecule has 0 radical (unpaired) electrons. The predicted octanol–water partition coefficient (Wildman–Crippen LogP) is 2.07. The summed E-state index contributed by atoms with van der Waals surface area (Å²) in [5, 5.41) is 11.5. The molecule has 0 aliphatic rings. The number of thiazole rings is 1. The largest absolute Gasteiger partial charge is 0.480 e. The van der Waals surface area contributed by atoms with Gasteiger partial charge in [0, 0.05) is 17.4 Å². The highest BCUT2D eigenvalue weighted by Gasteiger charge is 2.15. The van der Waals surface area contributed by atoms with E-state index in [0.29, 0.717) is 0 Å². The highest BCUT2D eigenvalue weighted by Crippen LogP contribution is 2.26.